The summed E-state index contributed by atoms with van der Waals surface area (Å²) >= 11 is 1.74. The van der Waals surface area contributed by atoms with Gasteiger partial charge in [0.15, 0.2) is 0 Å². The lowest BCUT2D eigenvalue weighted by molar-refractivity contribution is 0.528. The maximum atomic E-state index is 6.21. The van der Waals surface area contributed by atoms with E-state index in [1.165, 1.54) is 10.6 Å². The van der Waals surface area contributed by atoms with Crippen LogP contribution in [0.5, 0.6) is 0 Å². The Balaban J connectivity index is 1.99. The molecule has 1 saturated heterocycles. The summed E-state index contributed by atoms with van der Waals surface area (Å²) < 4.78 is 0. The molecule has 3 rings (SSSR count). The number of piperazine rings is 1. The predicted molar refractivity (Wildman–Crippen MR) is 78.6 cm³/mol. The molecule has 0 saturated carbocycles. The van der Waals surface area contributed by atoms with Crippen molar-refractivity contribution in [3.05, 3.63) is 11.5 Å². The van der Waals surface area contributed by atoms with Gasteiger partial charge in [0.2, 0.25) is 0 Å². The summed E-state index contributed by atoms with van der Waals surface area (Å²) in [6, 6.07) is 0. The molecule has 0 spiro atoms. The fraction of sp³-hybridized carbons (Fsp3) is 0.692. The van der Waals surface area contributed by atoms with E-state index in [1.807, 2.05) is 6.92 Å². The van der Waals surface area contributed by atoms with Crippen LogP contribution in [0.3, 0.4) is 0 Å². The van der Waals surface area contributed by atoms with Crippen LogP contribution in [0.25, 0.3) is 0 Å². The Morgan fingerprint density at radius 1 is 1.32 bits per heavy atom. The quantitative estimate of drug-likeness (QED) is 0.791. The van der Waals surface area contributed by atoms with Gasteiger partial charge in [-0.05, 0) is 19.3 Å². The summed E-state index contributed by atoms with van der Waals surface area (Å²) in [5.41, 5.74) is 7.39. The molecule has 3 heterocycles. The average molecular weight is 279 g/mol. The minimum absolute atomic E-state index is 0.153. The topological polar surface area (TPSA) is 67.1 Å². The van der Waals surface area contributed by atoms with E-state index in [-0.39, 0.29) is 5.37 Å². The highest BCUT2D eigenvalue weighted by Gasteiger charge is 2.29. The van der Waals surface area contributed by atoms with Gasteiger partial charge in [-0.2, -0.15) is 0 Å². The van der Waals surface area contributed by atoms with E-state index in [9.17, 15) is 0 Å². The average Bonchev–Trinajstić information content (AvgIpc) is 2.41. The minimum atomic E-state index is 0.153. The predicted octanol–water partition coefficient (Wildman–Crippen LogP) is 0.764. The van der Waals surface area contributed by atoms with Crippen molar-refractivity contribution in [3.8, 4) is 0 Å². The molecule has 1 aromatic heterocycles. The van der Waals surface area contributed by atoms with Crippen LogP contribution in [0.2, 0.25) is 0 Å². The Kier molecular flexibility index (Phi) is 3.64. The van der Waals surface area contributed by atoms with Crippen LogP contribution in [0.1, 0.15) is 18.4 Å². The molecule has 6 heteroatoms. The van der Waals surface area contributed by atoms with E-state index in [4.69, 9.17) is 5.73 Å². The van der Waals surface area contributed by atoms with Gasteiger partial charge in [-0.3, -0.25) is 0 Å². The smallest absolute Gasteiger partial charge is 0.146 e. The van der Waals surface area contributed by atoms with Crippen LogP contribution in [0.15, 0.2) is 4.90 Å². The zero-order valence-corrected chi connectivity index (χ0v) is 12.3. The molecule has 1 aromatic rings. The first-order valence-electron chi connectivity index (χ1n) is 6.90. The molecule has 0 aromatic carbocycles. The van der Waals surface area contributed by atoms with Crippen LogP contribution < -0.4 is 16.0 Å². The van der Waals surface area contributed by atoms with Crippen LogP contribution >= 0.6 is 11.8 Å². The summed E-state index contributed by atoms with van der Waals surface area (Å²) in [5.74, 6) is 2.44. The Labute approximate surface area is 118 Å². The maximum absolute atomic E-state index is 6.21. The molecular weight excluding hydrogens is 258 g/mol. The van der Waals surface area contributed by atoms with Crippen LogP contribution in [-0.4, -0.2) is 41.5 Å². The molecule has 1 fully saturated rings. The second kappa shape index (κ2) is 5.26. The van der Waals surface area contributed by atoms with Gasteiger partial charge in [0.1, 0.15) is 11.6 Å². The van der Waals surface area contributed by atoms with E-state index < -0.39 is 0 Å². The molecule has 5 nitrogen and oxygen atoms in total. The monoisotopic (exact) mass is 279 g/mol. The van der Waals surface area contributed by atoms with E-state index in [2.05, 4.69) is 27.1 Å². The van der Waals surface area contributed by atoms with Crippen LogP contribution in [0, 0.1) is 12.8 Å². The molecule has 0 amide bonds. The van der Waals surface area contributed by atoms with Crippen molar-refractivity contribution < 1.29 is 0 Å². The van der Waals surface area contributed by atoms with Gasteiger partial charge in [0.25, 0.3) is 0 Å². The highest BCUT2D eigenvalue weighted by molar-refractivity contribution is 8.00. The second-order valence-electron chi connectivity index (χ2n) is 5.37. The number of anilines is 1. The van der Waals surface area contributed by atoms with E-state index in [0.29, 0.717) is 5.92 Å². The number of nitrogens with one attached hydrogen (secondary N) is 1. The van der Waals surface area contributed by atoms with Crippen molar-refractivity contribution >= 4 is 17.6 Å². The molecule has 2 atom stereocenters. The van der Waals surface area contributed by atoms with E-state index in [0.717, 1.165) is 44.2 Å². The number of thioether (sulfide) groups is 1. The Hall–Kier alpha value is -0.850. The Morgan fingerprint density at radius 3 is 2.79 bits per heavy atom. The molecule has 104 valence electrons. The minimum Gasteiger partial charge on any atom is -0.353 e. The van der Waals surface area contributed by atoms with Crippen molar-refractivity contribution in [2.24, 2.45) is 11.7 Å². The number of aryl methyl sites for hydroxylation is 1. The Bertz CT molecular complexity index is 472. The van der Waals surface area contributed by atoms with Gasteiger partial charge < -0.3 is 16.0 Å². The Morgan fingerprint density at radius 2 is 2.05 bits per heavy atom. The third kappa shape index (κ3) is 2.57. The lowest BCUT2D eigenvalue weighted by atomic mass is 10.0. The molecule has 2 aliphatic heterocycles. The first kappa shape index (κ1) is 13.1. The fourth-order valence-corrected chi connectivity index (χ4v) is 3.77. The van der Waals surface area contributed by atoms with Gasteiger partial charge in [-0.1, -0.05) is 6.92 Å². The van der Waals surface area contributed by atoms with Crippen molar-refractivity contribution in [1.29, 1.82) is 0 Å². The molecule has 2 unspecified atom stereocenters. The molecular formula is C13H21N5S. The number of nitrogens with zero attached hydrogens (tertiary/aromatic N) is 3. The summed E-state index contributed by atoms with van der Waals surface area (Å²) in [4.78, 5) is 12.9. The number of hydrogen-bond acceptors (Lipinski definition) is 6. The summed E-state index contributed by atoms with van der Waals surface area (Å²) in [5, 5.41) is 3.53. The maximum Gasteiger partial charge on any atom is 0.146 e. The van der Waals surface area contributed by atoms with E-state index >= 15 is 0 Å². The molecule has 0 aliphatic carbocycles. The number of fused-ring (bicyclic) bond motifs is 1. The SMILES string of the molecule is Cc1nc2c(c(N3CCNCC3)n1)SC(N)C(C)C2. The third-order valence-electron chi connectivity index (χ3n) is 3.78. The molecule has 0 bridgehead atoms. The molecule has 19 heavy (non-hydrogen) atoms. The van der Waals surface area contributed by atoms with Gasteiger partial charge >= 0.3 is 0 Å². The summed E-state index contributed by atoms with van der Waals surface area (Å²) in [7, 11) is 0. The number of rotatable bonds is 1. The number of nitrogens with two attached hydrogens (primary N) is 1. The number of aromatic nitrogens is 2. The van der Waals surface area contributed by atoms with Crippen LogP contribution in [-0.2, 0) is 6.42 Å². The molecule has 3 N–H and O–H groups in total. The van der Waals surface area contributed by atoms with E-state index in [1.54, 1.807) is 11.8 Å². The molecule has 2 aliphatic rings. The summed E-state index contributed by atoms with van der Waals surface area (Å²) in [6.45, 7) is 8.23. The highest BCUT2D eigenvalue weighted by Crippen LogP contribution is 2.40. The summed E-state index contributed by atoms with van der Waals surface area (Å²) in [6.07, 6.45) is 0.964. The second-order valence-corrected chi connectivity index (χ2v) is 6.56. The first-order chi connectivity index (χ1) is 9.15. The van der Waals surface area contributed by atoms with Gasteiger partial charge in [0.05, 0.1) is 16.0 Å². The highest BCUT2D eigenvalue weighted by atomic mass is 32.2. The number of hydrogen-bond donors (Lipinski definition) is 2. The van der Waals surface area contributed by atoms with Crippen LogP contribution in [0.4, 0.5) is 5.82 Å². The standard InChI is InChI=1S/C13H21N5S/c1-8-7-10-11(19-12(8)14)13(17-9(2)16-10)18-5-3-15-4-6-18/h8,12,15H,3-7,14H2,1-2H3. The first-order valence-corrected chi connectivity index (χ1v) is 7.78. The largest absolute Gasteiger partial charge is 0.353 e. The van der Waals surface area contributed by atoms with Gasteiger partial charge in [-0.15, -0.1) is 11.8 Å². The van der Waals surface area contributed by atoms with Crippen molar-refractivity contribution in [1.82, 2.24) is 15.3 Å². The van der Waals surface area contributed by atoms with Gasteiger partial charge in [-0.25, -0.2) is 9.97 Å². The van der Waals surface area contributed by atoms with Crippen molar-refractivity contribution in [2.45, 2.75) is 30.5 Å². The zero-order valence-electron chi connectivity index (χ0n) is 11.5. The lowest BCUT2D eigenvalue weighted by Crippen LogP contribution is -2.44. The normalized spacial score (nSPS) is 27.2. The molecule has 0 radical (unpaired) electrons. The van der Waals surface area contributed by atoms with Crippen molar-refractivity contribution in [2.75, 3.05) is 31.1 Å². The van der Waals surface area contributed by atoms with Crippen molar-refractivity contribution in [3.63, 3.8) is 0 Å². The zero-order chi connectivity index (χ0) is 13.4. The van der Waals surface area contributed by atoms with Gasteiger partial charge in [0, 0.05) is 26.2 Å². The fourth-order valence-electron chi connectivity index (χ4n) is 2.63. The third-order valence-corrected chi connectivity index (χ3v) is 5.17. The lowest BCUT2D eigenvalue weighted by Gasteiger charge is -2.34.